The van der Waals surface area contributed by atoms with Gasteiger partial charge in [-0.3, -0.25) is 9.59 Å². The van der Waals surface area contributed by atoms with Gasteiger partial charge in [0.15, 0.2) is 0 Å². The lowest BCUT2D eigenvalue weighted by atomic mass is 9.81. The topological polar surface area (TPSA) is 57.6 Å². The van der Waals surface area contributed by atoms with Crippen LogP contribution in [0.4, 0.5) is 8.78 Å². The van der Waals surface area contributed by atoms with Crippen molar-refractivity contribution < 1.29 is 23.5 Å². The summed E-state index contributed by atoms with van der Waals surface area (Å²) in [6, 6.07) is -0.0151. The molecule has 6 heteroatoms. The normalized spacial score (nSPS) is 27.3. The molecule has 19 heavy (non-hydrogen) atoms. The van der Waals surface area contributed by atoms with Crippen molar-refractivity contribution in [3.63, 3.8) is 0 Å². The molecule has 108 valence electrons. The van der Waals surface area contributed by atoms with Crippen LogP contribution in [0.1, 0.15) is 38.5 Å². The number of rotatable bonds is 5. The van der Waals surface area contributed by atoms with Gasteiger partial charge in [-0.15, -0.1) is 0 Å². The summed E-state index contributed by atoms with van der Waals surface area (Å²) in [5.41, 5.74) is 0. The lowest BCUT2D eigenvalue weighted by Gasteiger charge is -2.31. The van der Waals surface area contributed by atoms with Gasteiger partial charge in [0.05, 0.1) is 12.5 Å². The van der Waals surface area contributed by atoms with Gasteiger partial charge >= 0.3 is 5.97 Å². The van der Waals surface area contributed by atoms with Gasteiger partial charge in [0.25, 0.3) is 6.43 Å². The van der Waals surface area contributed by atoms with E-state index in [1.165, 1.54) is 4.90 Å². The Labute approximate surface area is 110 Å². The minimum atomic E-state index is -2.50. The van der Waals surface area contributed by atoms with Crippen LogP contribution in [0.3, 0.4) is 0 Å². The first kappa shape index (κ1) is 14.2. The maximum Gasteiger partial charge on any atom is 0.306 e. The highest BCUT2D eigenvalue weighted by Crippen LogP contribution is 2.34. The third-order valence-electron chi connectivity index (χ3n) is 4.03. The van der Waals surface area contributed by atoms with Gasteiger partial charge < -0.3 is 10.0 Å². The van der Waals surface area contributed by atoms with Crippen molar-refractivity contribution in [2.24, 2.45) is 11.8 Å². The van der Waals surface area contributed by atoms with Crippen molar-refractivity contribution in [3.8, 4) is 0 Å². The van der Waals surface area contributed by atoms with E-state index in [1.54, 1.807) is 0 Å². The predicted molar refractivity (Wildman–Crippen MR) is 63.8 cm³/mol. The predicted octanol–water partition coefficient (Wildman–Crippen LogP) is 2.13. The molecule has 0 aromatic heterocycles. The monoisotopic (exact) mass is 275 g/mol. The highest BCUT2D eigenvalue weighted by molar-refractivity contribution is 5.80. The molecule has 0 aromatic carbocycles. The zero-order chi connectivity index (χ0) is 14.0. The Hall–Kier alpha value is -1.20. The van der Waals surface area contributed by atoms with Gasteiger partial charge in [0, 0.05) is 12.0 Å². The summed E-state index contributed by atoms with van der Waals surface area (Å²) in [5, 5.41) is 8.89. The Bertz CT molecular complexity index is 350. The van der Waals surface area contributed by atoms with E-state index in [9.17, 15) is 18.4 Å². The number of carbonyl (C=O) groups is 2. The average molecular weight is 275 g/mol. The highest BCUT2D eigenvalue weighted by atomic mass is 19.3. The van der Waals surface area contributed by atoms with Crippen molar-refractivity contribution in [2.75, 3.05) is 6.54 Å². The Morgan fingerprint density at radius 2 is 1.58 bits per heavy atom. The molecule has 4 nitrogen and oxygen atoms in total. The lowest BCUT2D eigenvalue weighted by Crippen LogP contribution is -2.42. The Morgan fingerprint density at radius 3 is 2.00 bits per heavy atom. The minimum absolute atomic E-state index is 0.0151. The Kier molecular flexibility index (Phi) is 4.37. The number of hydrogen-bond acceptors (Lipinski definition) is 2. The molecule has 0 aliphatic heterocycles. The largest absolute Gasteiger partial charge is 0.481 e. The van der Waals surface area contributed by atoms with E-state index in [1.807, 2.05) is 0 Å². The summed E-state index contributed by atoms with van der Waals surface area (Å²) in [7, 11) is 0. The molecule has 2 saturated carbocycles. The summed E-state index contributed by atoms with van der Waals surface area (Å²) in [6.45, 7) is -0.484. The second-order valence-electron chi connectivity index (χ2n) is 5.50. The molecule has 0 bridgehead atoms. The van der Waals surface area contributed by atoms with E-state index in [-0.39, 0.29) is 23.8 Å². The number of carbonyl (C=O) groups excluding carboxylic acids is 1. The van der Waals surface area contributed by atoms with Gasteiger partial charge in [-0.1, -0.05) is 0 Å². The average Bonchev–Trinajstić information content (AvgIpc) is 3.19. The number of halogens is 2. The molecule has 0 spiro atoms. The van der Waals surface area contributed by atoms with Crippen LogP contribution in [0.25, 0.3) is 0 Å². The summed E-state index contributed by atoms with van der Waals surface area (Å²) in [6.07, 6.45) is 1.06. The third kappa shape index (κ3) is 3.64. The van der Waals surface area contributed by atoms with Crippen LogP contribution in [0.2, 0.25) is 0 Å². The van der Waals surface area contributed by atoms with Crippen LogP contribution in [0.15, 0.2) is 0 Å². The Balaban J connectivity index is 1.90. The molecule has 0 heterocycles. The molecule has 0 aromatic rings. The third-order valence-corrected chi connectivity index (χ3v) is 4.03. The second-order valence-corrected chi connectivity index (χ2v) is 5.50. The van der Waals surface area contributed by atoms with Crippen molar-refractivity contribution >= 4 is 11.9 Å². The van der Waals surface area contributed by atoms with Crippen LogP contribution in [-0.2, 0) is 9.59 Å². The molecule has 2 aliphatic carbocycles. The molecule has 0 unspecified atom stereocenters. The van der Waals surface area contributed by atoms with Crippen molar-refractivity contribution in [1.82, 2.24) is 4.90 Å². The molecule has 2 aliphatic rings. The second kappa shape index (κ2) is 5.84. The van der Waals surface area contributed by atoms with Crippen LogP contribution in [-0.4, -0.2) is 40.9 Å². The zero-order valence-electron chi connectivity index (χ0n) is 10.7. The van der Waals surface area contributed by atoms with Crippen LogP contribution in [0.5, 0.6) is 0 Å². The fourth-order valence-corrected chi connectivity index (χ4v) is 2.78. The van der Waals surface area contributed by atoms with Crippen molar-refractivity contribution in [2.45, 2.75) is 51.0 Å². The molecule has 1 amide bonds. The maximum absolute atomic E-state index is 12.5. The van der Waals surface area contributed by atoms with E-state index < -0.39 is 18.9 Å². The van der Waals surface area contributed by atoms with E-state index in [4.69, 9.17) is 5.11 Å². The first-order valence-corrected chi connectivity index (χ1v) is 6.80. The van der Waals surface area contributed by atoms with Gasteiger partial charge in [-0.2, -0.15) is 0 Å². The smallest absolute Gasteiger partial charge is 0.306 e. The molecular weight excluding hydrogens is 256 g/mol. The lowest BCUT2D eigenvalue weighted by molar-refractivity contribution is -0.146. The van der Waals surface area contributed by atoms with E-state index in [2.05, 4.69) is 0 Å². The Morgan fingerprint density at radius 1 is 1.05 bits per heavy atom. The van der Waals surface area contributed by atoms with Crippen LogP contribution < -0.4 is 0 Å². The molecular formula is C13H19F2NO3. The number of aliphatic carboxylic acids is 1. The minimum Gasteiger partial charge on any atom is -0.481 e. The van der Waals surface area contributed by atoms with E-state index in [0.717, 1.165) is 12.8 Å². The summed E-state index contributed by atoms with van der Waals surface area (Å²) < 4.78 is 25.0. The number of hydrogen-bond donors (Lipinski definition) is 1. The van der Waals surface area contributed by atoms with Gasteiger partial charge in [-0.05, 0) is 38.5 Å². The molecule has 0 radical (unpaired) electrons. The van der Waals surface area contributed by atoms with E-state index in [0.29, 0.717) is 25.7 Å². The standard InChI is InChI=1S/C13H19F2NO3/c14-11(15)7-16(10-5-6-10)12(17)8-1-3-9(4-2-8)13(18)19/h8-11H,1-7H2,(H,18,19). The van der Waals surface area contributed by atoms with Gasteiger partial charge in [0.2, 0.25) is 5.91 Å². The van der Waals surface area contributed by atoms with Crippen molar-refractivity contribution in [1.29, 1.82) is 0 Å². The first-order chi connectivity index (χ1) is 8.99. The fourth-order valence-electron chi connectivity index (χ4n) is 2.78. The van der Waals surface area contributed by atoms with E-state index >= 15 is 0 Å². The SMILES string of the molecule is O=C(O)C1CCC(C(=O)N(CC(F)F)C2CC2)CC1. The molecule has 0 atom stereocenters. The maximum atomic E-state index is 12.5. The van der Waals surface area contributed by atoms with Gasteiger partial charge in [-0.25, -0.2) is 8.78 Å². The number of amides is 1. The molecule has 2 fully saturated rings. The molecule has 1 N–H and O–H groups in total. The number of carboxylic acid groups (broad SMARTS) is 1. The van der Waals surface area contributed by atoms with Crippen molar-refractivity contribution in [3.05, 3.63) is 0 Å². The van der Waals surface area contributed by atoms with Crippen LogP contribution in [0, 0.1) is 11.8 Å². The van der Waals surface area contributed by atoms with Gasteiger partial charge in [0.1, 0.15) is 0 Å². The fraction of sp³-hybridized carbons (Fsp3) is 0.846. The molecule has 2 rings (SSSR count). The first-order valence-electron chi connectivity index (χ1n) is 6.80. The summed E-state index contributed by atoms with van der Waals surface area (Å²) in [4.78, 5) is 24.4. The number of carboxylic acids is 1. The quantitative estimate of drug-likeness (QED) is 0.836. The summed E-state index contributed by atoms with van der Waals surface area (Å²) >= 11 is 0. The number of alkyl halides is 2. The van der Waals surface area contributed by atoms with Crippen LogP contribution >= 0.6 is 0 Å². The zero-order valence-corrected chi connectivity index (χ0v) is 10.7. The summed E-state index contributed by atoms with van der Waals surface area (Å²) in [5.74, 6) is -1.67. The molecule has 0 saturated heterocycles. The number of nitrogens with zero attached hydrogens (tertiary/aromatic N) is 1. The highest BCUT2D eigenvalue weighted by Gasteiger charge is 2.39.